The fourth-order valence-corrected chi connectivity index (χ4v) is 2.91. The Labute approximate surface area is 125 Å². The van der Waals surface area contributed by atoms with Gasteiger partial charge in [0.25, 0.3) is 5.91 Å². The molecule has 3 rings (SSSR count). The van der Waals surface area contributed by atoms with Crippen LogP contribution >= 0.6 is 15.9 Å². The predicted molar refractivity (Wildman–Crippen MR) is 80.5 cm³/mol. The molecule has 0 bridgehead atoms. The highest BCUT2D eigenvalue weighted by molar-refractivity contribution is 9.10. The highest BCUT2D eigenvalue weighted by atomic mass is 79.9. The van der Waals surface area contributed by atoms with E-state index in [4.69, 9.17) is 0 Å². The topological polar surface area (TPSA) is 20.3 Å². The summed E-state index contributed by atoms with van der Waals surface area (Å²) in [5, 5.41) is 0. The molecule has 0 saturated carbocycles. The zero-order valence-electron chi connectivity index (χ0n) is 10.8. The van der Waals surface area contributed by atoms with Crippen molar-refractivity contribution >= 4 is 27.5 Å². The summed E-state index contributed by atoms with van der Waals surface area (Å²) in [6.07, 6.45) is 1.94. The molecular weight excluding hydrogens is 321 g/mol. The van der Waals surface area contributed by atoms with Gasteiger partial charge in [-0.2, -0.15) is 0 Å². The quantitative estimate of drug-likeness (QED) is 0.766. The van der Waals surface area contributed by atoms with Crippen molar-refractivity contribution in [3.8, 4) is 0 Å². The minimum absolute atomic E-state index is 0.0853. The van der Waals surface area contributed by atoms with E-state index in [9.17, 15) is 9.18 Å². The average molecular weight is 334 g/mol. The number of amides is 1. The van der Waals surface area contributed by atoms with Gasteiger partial charge in [-0.1, -0.05) is 18.2 Å². The van der Waals surface area contributed by atoms with Crippen molar-refractivity contribution in [3.63, 3.8) is 0 Å². The van der Waals surface area contributed by atoms with E-state index in [1.807, 2.05) is 18.2 Å². The Bertz CT molecular complexity index is 671. The lowest BCUT2D eigenvalue weighted by molar-refractivity contribution is 0.0985. The third-order valence-corrected chi connectivity index (χ3v) is 4.13. The number of hydrogen-bond donors (Lipinski definition) is 0. The molecule has 0 aliphatic carbocycles. The molecule has 0 spiro atoms. The summed E-state index contributed by atoms with van der Waals surface area (Å²) in [5.74, 6) is -0.446. The summed E-state index contributed by atoms with van der Waals surface area (Å²) in [6.45, 7) is 0.699. The average Bonchev–Trinajstić information content (AvgIpc) is 2.49. The van der Waals surface area contributed by atoms with Gasteiger partial charge in [0.15, 0.2) is 0 Å². The number of fused-ring (bicyclic) bond motifs is 1. The molecule has 0 unspecified atom stereocenters. The van der Waals surface area contributed by atoms with Crippen LogP contribution in [0.5, 0.6) is 0 Å². The van der Waals surface area contributed by atoms with E-state index in [1.165, 1.54) is 23.8 Å². The molecule has 1 amide bonds. The van der Waals surface area contributed by atoms with E-state index in [0.717, 1.165) is 18.5 Å². The van der Waals surface area contributed by atoms with Crippen LogP contribution in [0.4, 0.5) is 10.1 Å². The van der Waals surface area contributed by atoms with Gasteiger partial charge in [0.1, 0.15) is 5.82 Å². The van der Waals surface area contributed by atoms with E-state index in [2.05, 4.69) is 22.0 Å². The zero-order valence-corrected chi connectivity index (χ0v) is 12.4. The highest BCUT2D eigenvalue weighted by Gasteiger charge is 2.23. The lowest BCUT2D eigenvalue weighted by atomic mass is 10.0. The van der Waals surface area contributed by atoms with Gasteiger partial charge in [-0.15, -0.1) is 0 Å². The van der Waals surface area contributed by atoms with Gasteiger partial charge in [-0.05, 0) is 58.6 Å². The smallest absolute Gasteiger partial charge is 0.258 e. The standard InChI is InChI=1S/C16H13BrFNO/c17-13-10-12(7-8-14(13)18)16(20)19-9-3-5-11-4-1-2-6-15(11)19/h1-2,4,6-8,10H,3,5,9H2. The monoisotopic (exact) mass is 333 g/mol. The summed E-state index contributed by atoms with van der Waals surface area (Å²) in [7, 11) is 0. The van der Waals surface area contributed by atoms with Crippen LogP contribution in [-0.2, 0) is 6.42 Å². The van der Waals surface area contributed by atoms with Crippen molar-refractivity contribution in [2.24, 2.45) is 0 Å². The molecule has 1 heterocycles. The molecule has 1 aliphatic heterocycles. The molecule has 2 aromatic carbocycles. The van der Waals surface area contributed by atoms with Gasteiger partial charge in [0, 0.05) is 17.8 Å². The zero-order chi connectivity index (χ0) is 14.1. The van der Waals surface area contributed by atoms with Crippen LogP contribution in [0.3, 0.4) is 0 Å². The first-order chi connectivity index (χ1) is 9.66. The van der Waals surface area contributed by atoms with Crippen LogP contribution in [0.15, 0.2) is 46.9 Å². The second-order valence-electron chi connectivity index (χ2n) is 4.82. The van der Waals surface area contributed by atoms with Crippen LogP contribution in [0, 0.1) is 5.82 Å². The first kappa shape index (κ1) is 13.3. The van der Waals surface area contributed by atoms with Gasteiger partial charge in [-0.3, -0.25) is 4.79 Å². The molecule has 0 atom stereocenters. The number of anilines is 1. The molecule has 1 aliphatic rings. The van der Waals surface area contributed by atoms with Crippen LogP contribution in [0.1, 0.15) is 22.3 Å². The van der Waals surface area contributed by atoms with E-state index in [0.29, 0.717) is 16.6 Å². The second kappa shape index (κ2) is 5.37. The molecule has 0 radical (unpaired) electrons. The minimum Gasteiger partial charge on any atom is -0.308 e. The predicted octanol–water partition coefficient (Wildman–Crippen LogP) is 4.18. The fraction of sp³-hybridized carbons (Fsp3) is 0.188. The van der Waals surface area contributed by atoms with Gasteiger partial charge < -0.3 is 4.90 Å². The lowest BCUT2D eigenvalue weighted by Gasteiger charge is -2.29. The molecule has 20 heavy (non-hydrogen) atoms. The third-order valence-electron chi connectivity index (χ3n) is 3.52. The number of rotatable bonds is 1. The largest absolute Gasteiger partial charge is 0.308 e. The highest BCUT2D eigenvalue weighted by Crippen LogP contribution is 2.28. The second-order valence-corrected chi connectivity index (χ2v) is 5.67. The Kier molecular flexibility index (Phi) is 3.57. The fourth-order valence-electron chi connectivity index (χ4n) is 2.53. The SMILES string of the molecule is O=C(c1ccc(F)c(Br)c1)N1CCCc2ccccc21. The first-order valence-electron chi connectivity index (χ1n) is 6.51. The summed E-state index contributed by atoms with van der Waals surface area (Å²) in [5.41, 5.74) is 2.65. The number of halogens is 2. The number of para-hydroxylation sites is 1. The number of nitrogens with zero attached hydrogens (tertiary/aromatic N) is 1. The number of carbonyl (C=O) groups excluding carboxylic acids is 1. The van der Waals surface area contributed by atoms with Crippen molar-refractivity contribution in [3.05, 3.63) is 63.9 Å². The Hall–Kier alpha value is -1.68. The molecule has 2 aromatic rings. The van der Waals surface area contributed by atoms with Gasteiger partial charge >= 0.3 is 0 Å². The Morgan fingerprint density at radius 3 is 2.80 bits per heavy atom. The maximum Gasteiger partial charge on any atom is 0.258 e. The lowest BCUT2D eigenvalue weighted by Crippen LogP contribution is -2.35. The molecule has 2 nitrogen and oxygen atoms in total. The summed E-state index contributed by atoms with van der Waals surface area (Å²) >= 11 is 3.12. The molecule has 0 N–H and O–H groups in total. The van der Waals surface area contributed by atoms with Crippen LogP contribution in [0.2, 0.25) is 0 Å². The van der Waals surface area contributed by atoms with Crippen molar-refractivity contribution < 1.29 is 9.18 Å². The Morgan fingerprint density at radius 1 is 1.20 bits per heavy atom. The van der Waals surface area contributed by atoms with E-state index in [-0.39, 0.29) is 11.7 Å². The molecule has 0 aromatic heterocycles. The van der Waals surface area contributed by atoms with Gasteiger partial charge in [-0.25, -0.2) is 4.39 Å². The maximum absolute atomic E-state index is 13.3. The third kappa shape index (κ3) is 2.36. The molecule has 102 valence electrons. The van der Waals surface area contributed by atoms with Gasteiger partial charge in [0.2, 0.25) is 0 Å². The maximum atomic E-state index is 13.3. The molecular formula is C16H13BrFNO. The van der Waals surface area contributed by atoms with Gasteiger partial charge in [0.05, 0.1) is 4.47 Å². The van der Waals surface area contributed by atoms with Crippen molar-refractivity contribution in [1.82, 2.24) is 0 Å². The van der Waals surface area contributed by atoms with E-state index < -0.39 is 0 Å². The number of carbonyl (C=O) groups is 1. The van der Waals surface area contributed by atoms with Crippen molar-refractivity contribution in [2.75, 3.05) is 11.4 Å². The number of hydrogen-bond acceptors (Lipinski definition) is 1. The summed E-state index contributed by atoms with van der Waals surface area (Å²) in [4.78, 5) is 14.4. The number of benzene rings is 2. The molecule has 4 heteroatoms. The molecule has 0 fully saturated rings. The number of aryl methyl sites for hydroxylation is 1. The first-order valence-corrected chi connectivity index (χ1v) is 7.31. The summed E-state index contributed by atoms with van der Waals surface area (Å²) < 4.78 is 13.6. The Balaban J connectivity index is 1.97. The minimum atomic E-state index is -0.361. The summed E-state index contributed by atoms with van der Waals surface area (Å²) in [6, 6.07) is 12.3. The van der Waals surface area contributed by atoms with Crippen LogP contribution in [0.25, 0.3) is 0 Å². The van der Waals surface area contributed by atoms with Crippen molar-refractivity contribution in [2.45, 2.75) is 12.8 Å². The van der Waals surface area contributed by atoms with Crippen LogP contribution < -0.4 is 4.90 Å². The van der Waals surface area contributed by atoms with E-state index in [1.54, 1.807) is 4.90 Å². The normalized spacial score (nSPS) is 14.0. The van der Waals surface area contributed by atoms with Crippen molar-refractivity contribution in [1.29, 1.82) is 0 Å². The molecule has 0 saturated heterocycles. The van der Waals surface area contributed by atoms with Crippen LogP contribution in [-0.4, -0.2) is 12.5 Å². The van der Waals surface area contributed by atoms with E-state index >= 15 is 0 Å². The Morgan fingerprint density at radius 2 is 2.00 bits per heavy atom.